The van der Waals surface area contributed by atoms with Gasteiger partial charge in [0, 0.05) is 5.02 Å². The number of nitrogens with zero attached hydrogens (tertiary/aromatic N) is 3. The lowest BCUT2D eigenvalue weighted by Gasteiger charge is -2.06. The van der Waals surface area contributed by atoms with E-state index in [1.807, 2.05) is 28.7 Å². The molecular weight excluding hydrogens is 383 g/mol. The molecule has 0 aliphatic carbocycles. The van der Waals surface area contributed by atoms with E-state index in [9.17, 15) is 9.18 Å². The highest BCUT2D eigenvalue weighted by atomic mass is 35.5. The van der Waals surface area contributed by atoms with Crippen LogP contribution in [0, 0.1) is 5.82 Å². The van der Waals surface area contributed by atoms with Gasteiger partial charge in [-0.3, -0.25) is 9.20 Å². The van der Waals surface area contributed by atoms with Crippen molar-refractivity contribution in [2.45, 2.75) is 5.16 Å². The van der Waals surface area contributed by atoms with E-state index in [0.717, 1.165) is 15.2 Å². The SMILES string of the molecule is O=C(CSc1nnc2sc3ccccc3n12)Nc1cc(Cl)ccc1F. The van der Waals surface area contributed by atoms with Crippen molar-refractivity contribution in [3.63, 3.8) is 0 Å². The normalized spacial score (nSPS) is 11.3. The molecule has 1 amide bonds. The van der Waals surface area contributed by atoms with Crippen molar-refractivity contribution in [2.24, 2.45) is 0 Å². The summed E-state index contributed by atoms with van der Waals surface area (Å²) in [6, 6.07) is 11.9. The van der Waals surface area contributed by atoms with Crippen LogP contribution in [0.15, 0.2) is 47.6 Å². The lowest BCUT2D eigenvalue weighted by atomic mass is 10.3. The van der Waals surface area contributed by atoms with Crippen molar-refractivity contribution in [3.8, 4) is 0 Å². The maximum absolute atomic E-state index is 13.7. The summed E-state index contributed by atoms with van der Waals surface area (Å²) >= 11 is 8.60. The van der Waals surface area contributed by atoms with Crippen LogP contribution in [0.3, 0.4) is 0 Å². The van der Waals surface area contributed by atoms with Gasteiger partial charge in [0.15, 0.2) is 5.16 Å². The van der Waals surface area contributed by atoms with E-state index >= 15 is 0 Å². The Morgan fingerprint density at radius 2 is 2.12 bits per heavy atom. The van der Waals surface area contributed by atoms with Gasteiger partial charge in [-0.25, -0.2) is 4.39 Å². The Labute approximate surface area is 154 Å². The van der Waals surface area contributed by atoms with Gasteiger partial charge in [-0.15, -0.1) is 10.2 Å². The zero-order valence-electron chi connectivity index (χ0n) is 12.6. The maximum Gasteiger partial charge on any atom is 0.234 e. The van der Waals surface area contributed by atoms with Gasteiger partial charge >= 0.3 is 0 Å². The third-order valence-corrected chi connectivity index (χ3v) is 5.62. The first kappa shape index (κ1) is 16.3. The molecule has 0 saturated heterocycles. The van der Waals surface area contributed by atoms with Crippen LogP contribution in [0.25, 0.3) is 15.2 Å². The minimum Gasteiger partial charge on any atom is -0.323 e. The van der Waals surface area contributed by atoms with Crippen LogP contribution in [0.4, 0.5) is 10.1 Å². The van der Waals surface area contributed by atoms with E-state index in [-0.39, 0.29) is 17.3 Å². The van der Waals surface area contributed by atoms with E-state index in [4.69, 9.17) is 11.6 Å². The predicted molar refractivity (Wildman–Crippen MR) is 99.1 cm³/mol. The highest BCUT2D eigenvalue weighted by molar-refractivity contribution is 7.99. The molecule has 0 aliphatic heterocycles. The monoisotopic (exact) mass is 392 g/mol. The summed E-state index contributed by atoms with van der Waals surface area (Å²) in [4.78, 5) is 12.9. The van der Waals surface area contributed by atoms with Gasteiger partial charge in [-0.1, -0.05) is 46.8 Å². The Hall–Kier alpha value is -2.16. The van der Waals surface area contributed by atoms with Crippen LogP contribution in [0.5, 0.6) is 0 Å². The fourth-order valence-electron chi connectivity index (χ4n) is 2.36. The van der Waals surface area contributed by atoms with Crippen molar-refractivity contribution in [1.29, 1.82) is 0 Å². The number of fused-ring (bicyclic) bond motifs is 3. The summed E-state index contributed by atoms with van der Waals surface area (Å²) in [5.74, 6) is -0.796. The first-order chi connectivity index (χ1) is 12.1. The first-order valence-corrected chi connectivity index (χ1v) is 9.40. The number of anilines is 1. The number of rotatable bonds is 4. The predicted octanol–water partition coefficient (Wildman–Crippen LogP) is 4.47. The number of hydrogen-bond acceptors (Lipinski definition) is 5. The molecule has 0 bridgehead atoms. The van der Waals surface area contributed by atoms with Gasteiger partial charge in [0.05, 0.1) is 21.7 Å². The van der Waals surface area contributed by atoms with Crippen molar-refractivity contribution in [2.75, 3.05) is 11.1 Å². The molecule has 0 unspecified atom stereocenters. The minimum absolute atomic E-state index is 0.0606. The Morgan fingerprint density at radius 1 is 1.28 bits per heavy atom. The molecule has 0 spiro atoms. The van der Waals surface area contributed by atoms with E-state index in [2.05, 4.69) is 15.5 Å². The summed E-state index contributed by atoms with van der Waals surface area (Å²) in [7, 11) is 0. The van der Waals surface area contributed by atoms with Crippen LogP contribution in [0.1, 0.15) is 0 Å². The number of hydrogen-bond donors (Lipinski definition) is 1. The number of benzene rings is 2. The van der Waals surface area contributed by atoms with Crippen molar-refractivity contribution >= 4 is 61.5 Å². The molecule has 0 saturated carbocycles. The van der Waals surface area contributed by atoms with Crippen LogP contribution < -0.4 is 5.32 Å². The molecule has 0 atom stereocenters. The molecule has 25 heavy (non-hydrogen) atoms. The van der Waals surface area contributed by atoms with Gasteiger partial charge in [0.25, 0.3) is 0 Å². The number of amides is 1. The van der Waals surface area contributed by atoms with Crippen molar-refractivity contribution in [3.05, 3.63) is 53.3 Å². The quantitative estimate of drug-likeness (QED) is 0.521. The molecule has 2 heterocycles. The first-order valence-electron chi connectivity index (χ1n) is 7.22. The molecule has 0 radical (unpaired) electrons. The Balaban J connectivity index is 1.52. The molecule has 1 N–H and O–H groups in total. The van der Waals surface area contributed by atoms with E-state index in [0.29, 0.717) is 10.2 Å². The number of aromatic nitrogens is 3. The number of carbonyl (C=O) groups excluding carboxylic acids is 1. The zero-order valence-corrected chi connectivity index (χ0v) is 15.0. The van der Waals surface area contributed by atoms with Gasteiger partial charge in [-0.05, 0) is 30.3 Å². The average molecular weight is 393 g/mol. The Morgan fingerprint density at radius 3 is 3.00 bits per heavy atom. The van der Waals surface area contributed by atoms with Crippen molar-refractivity contribution in [1.82, 2.24) is 14.6 Å². The summed E-state index contributed by atoms with van der Waals surface area (Å²) in [6.45, 7) is 0. The second-order valence-corrected chi connectivity index (χ2v) is 7.52. The molecule has 2 aromatic heterocycles. The van der Waals surface area contributed by atoms with Gasteiger partial charge in [-0.2, -0.15) is 0 Å². The lowest BCUT2D eigenvalue weighted by molar-refractivity contribution is -0.113. The molecule has 4 aromatic rings. The zero-order chi connectivity index (χ0) is 17.4. The third-order valence-electron chi connectivity index (χ3n) is 3.45. The highest BCUT2D eigenvalue weighted by Crippen LogP contribution is 2.29. The molecule has 9 heteroatoms. The smallest absolute Gasteiger partial charge is 0.234 e. The molecule has 126 valence electrons. The molecule has 4 rings (SSSR count). The number of para-hydroxylation sites is 1. The second-order valence-electron chi connectivity index (χ2n) is 5.13. The van der Waals surface area contributed by atoms with Crippen molar-refractivity contribution < 1.29 is 9.18 Å². The fraction of sp³-hybridized carbons (Fsp3) is 0.0625. The van der Waals surface area contributed by atoms with Crippen LogP contribution in [-0.2, 0) is 4.79 Å². The van der Waals surface area contributed by atoms with Gasteiger partial charge in [0.2, 0.25) is 10.9 Å². The van der Waals surface area contributed by atoms with Crippen LogP contribution >= 0.6 is 34.7 Å². The largest absolute Gasteiger partial charge is 0.323 e. The number of carbonyl (C=O) groups is 1. The summed E-state index contributed by atoms with van der Waals surface area (Å²) in [5, 5.41) is 11.8. The second kappa shape index (κ2) is 6.62. The van der Waals surface area contributed by atoms with Crippen LogP contribution in [0.2, 0.25) is 5.02 Å². The fourth-order valence-corrected chi connectivity index (χ4v) is 4.30. The molecule has 0 fully saturated rings. The average Bonchev–Trinajstić information content (AvgIpc) is 3.15. The lowest BCUT2D eigenvalue weighted by Crippen LogP contribution is -2.15. The number of thiazole rings is 1. The van der Waals surface area contributed by atoms with E-state index in [1.54, 1.807) is 0 Å². The van der Waals surface area contributed by atoms with Gasteiger partial charge < -0.3 is 5.32 Å². The van der Waals surface area contributed by atoms with E-state index < -0.39 is 5.82 Å². The van der Waals surface area contributed by atoms with Gasteiger partial charge in [0.1, 0.15) is 5.82 Å². The molecular formula is C16H10ClFN4OS2. The Kier molecular flexibility index (Phi) is 4.32. The molecule has 2 aromatic carbocycles. The number of nitrogens with one attached hydrogen (secondary N) is 1. The topological polar surface area (TPSA) is 59.3 Å². The van der Waals surface area contributed by atoms with E-state index in [1.165, 1.54) is 41.3 Å². The summed E-state index contributed by atoms with van der Waals surface area (Å²) in [6.07, 6.45) is 0. The molecule has 5 nitrogen and oxygen atoms in total. The summed E-state index contributed by atoms with van der Waals surface area (Å²) in [5.41, 5.74) is 1.06. The number of halogens is 2. The highest BCUT2D eigenvalue weighted by Gasteiger charge is 2.14. The standard InChI is InChI=1S/C16H10ClFN4OS2/c17-9-5-6-10(18)11(7-9)19-14(23)8-24-15-20-21-16-22(15)12-3-1-2-4-13(12)25-16/h1-7H,8H2,(H,19,23). The molecule has 0 aliphatic rings. The van der Waals surface area contributed by atoms with Crippen LogP contribution in [-0.4, -0.2) is 26.3 Å². The Bertz CT molecular complexity index is 1090. The number of thioether (sulfide) groups is 1. The summed E-state index contributed by atoms with van der Waals surface area (Å²) < 4.78 is 16.7. The maximum atomic E-state index is 13.7. The minimum atomic E-state index is -0.531. The third kappa shape index (κ3) is 3.20.